The SMILES string of the molecule is NC1(c2ccc(-c3cnccc3-c3ccccc3F)cc2)CCC1. The molecule has 1 saturated carbocycles. The lowest BCUT2D eigenvalue weighted by Crippen LogP contribution is -2.43. The van der Waals surface area contributed by atoms with Crippen LogP contribution in [0.3, 0.4) is 0 Å². The molecule has 1 aliphatic rings. The zero-order valence-corrected chi connectivity index (χ0v) is 13.4. The van der Waals surface area contributed by atoms with Crippen LogP contribution in [0.15, 0.2) is 67.0 Å². The van der Waals surface area contributed by atoms with Crippen molar-refractivity contribution in [2.24, 2.45) is 5.73 Å². The number of nitrogens with zero attached hydrogens (tertiary/aromatic N) is 1. The van der Waals surface area contributed by atoms with Gasteiger partial charge in [0.15, 0.2) is 0 Å². The smallest absolute Gasteiger partial charge is 0.131 e. The van der Waals surface area contributed by atoms with Gasteiger partial charge in [-0.2, -0.15) is 0 Å². The van der Waals surface area contributed by atoms with E-state index in [1.807, 2.05) is 12.1 Å². The van der Waals surface area contributed by atoms with E-state index in [0.29, 0.717) is 5.56 Å². The minimum atomic E-state index is -0.225. The topological polar surface area (TPSA) is 38.9 Å². The highest BCUT2D eigenvalue weighted by molar-refractivity contribution is 5.83. The number of rotatable bonds is 3. The number of pyridine rings is 1. The summed E-state index contributed by atoms with van der Waals surface area (Å²) in [5, 5.41) is 0. The zero-order chi connectivity index (χ0) is 16.6. The van der Waals surface area contributed by atoms with Crippen LogP contribution in [-0.4, -0.2) is 4.98 Å². The fraction of sp³-hybridized carbons (Fsp3) is 0.190. The number of benzene rings is 2. The summed E-state index contributed by atoms with van der Waals surface area (Å²) in [6.07, 6.45) is 6.76. The first-order valence-electron chi connectivity index (χ1n) is 8.26. The second-order valence-corrected chi connectivity index (χ2v) is 6.49. The van der Waals surface area contributed by atoms with Gasteiger partial charge in [-0.3, -0.25) is 4.98 Å². The van der Waals surface area contributed by atoms with Crippen molar-refractivity contribution in [1.82, 2.24) is 4.98 Å². The molecule has 1 heterocycles. The number of nitrogens with two attached hydrogens (primary N) is 1. The lowest BCUT2D eigenvalue weighted by Gasteiger charge is -2.38. The van der Waals surface area contributed by atoms with Crippen LogP contribution in [0.5, 0.6) is 0 Å². The molecule has 24 heavy (non-hydrogen) atoms. The average Bonchev–Trinajstić information content (AvgIpc) is 2.60. The second-order valence-electron chi connectivity index (χ2n) is 6.49. The lowest BCUT2D eigenvalue weighted by atomic mass is 9.72. The molecule has 4 rings (SSSR count). The molecule has 2 aromatic carbocycles. The highest BCUT2D eigenvalue weighted by Gasteiger charge is 2.34. The van der Waals surface area contributed by atoms with Gasteiger partial charge >= 0.3 is 0 Å². The van der Waals surface area contributed by atoms with Crippen molar-refractivity contribution in [3.63, 3.8) is 0 Å². The molecule has 2 nitrogen and oxygen atoms in total. The summed E-state index contributed by atoms with van der Waals surface area (Å²) < 4.78 is 14.2. The molecule has 0 radical (unpaired) electrons. The number of aromatic nitrogens is 1. The molecule has 3 heteroatoms. The molecule has 1 fully saturated rings. The molecule has 0 aliphatic heterocycles. The minimum Gasteiger partial charge on any atom is -0.321 e. The van der Waals surface area contributed by atoms with E-state index in [9.17, 15) is 4.39 Å². The Balaban J connectivity index is 1.76. The van der Waals surface area contributed by atoms with E-state index in [1.165, 1.54) is 18.1 Å². The van der Waals surface area contributed by atoms with E-state index in [1.54, 1.807) is 24.5 Å². The van der Waals surface area contributed by atoms with Crippen LogP contribution in [0.4, 0.5) is 4.39 Å². The van der Waals surface area contributed by atoms with Gasteiger partial charge in [0.25, 0.3) is 0 Å². The van der Waals surface area contributed by atoms with Gasteiger partial charge in [0.05, 0.1) is 0 Å². The van der Waals surface area contributed by atoms with Crippen molar-refractivity contribution in [2.75, 3.05) is 0 Å². The molecule has 2 N–H and O–H groups in total. The van der Waals surface area contributed by atoms with Crippen molar-refractivity contribution >= 4 is 0 Å². The fourth-order valence-electron chi connectivity index (χ4n) is 3.37. The van der Waals surface area contributed by atoms with Gasteiger partial charge in [-0.25, -0.2) is 4.39 Å². The van der Waals surface area contributed by atoms with E-state index in [4.69, 9.17) is 5.73 Å². The van der Waals surface area contributed by atoms with Crippen LogP contribution in [0.1, 0.15) is 24.8 Å². The molecule has 0 unspecified atom stereocenters. The summed E-state index contributed by atoms with van der Waals surface area (Å²) in [5.74, 6) is -0.225. The third-order valence-electron chi connectivity index (χ3n) is 5.00. The predicted octanol–water partition coefficient (Wildman–Crippen LogP) is 4.89. The van der Waals surface area contributed by atoms with Crippen LogP contribution in [0.2, 0.25) is 0 Å². The molecule has 0 spiro atoms. The number of hydrogen-bond donors (Lipinski definition) is 1. The molecule has 1 aliphatic carbocycles. The first-order valence-corrected chi connectivity index (χ1v) is 8.26. The maximum absolute atomic E-state index is 14.2. The summed E-state index contributed by atoms with van der Waals surface area (Å²) in [5.41, 5.74) is 10.8. The van der Waals surface area contributed by atoms with Gasteiger partial charge in [0.1, 0.15) is 5.82 Å². The summed E-state index contributed by atoms with van der Waals surface area (Å²) in [6.45, 7) is 0. The fourth-order valence-corrected chi connectivity index (χ4v) is 3.37. The quantitative estimate of drug-likeness (QED) is 0.746. The largest absolute Gasteiger partial charge is 0.321 e. The van der Waals surface area contributed by atoms with Crippen molar-refractivity contribution in [1.29, 1.82) is 0 Å². The van der Waals surface area contributed by atoms with Crippen LogP contribution in [-0.2, 0) is 5.54 Å². The molecular weight excluding hydrogens is 299 g/mol. The Labute approximate surface area is 141 Å². The van der Waals surface area contributed by atoms with Crippen LogP contribution >= 0.6 is 0 Å². The van der Waals surface area contributed by atoms with Crippen molar-refractivity contribution in [2.45, 2.75) is 24.8 Å². The first-order chi connectivity index (χ1) is 11.7. The summed E-state index contributed by atoms with van der Waals surface area (Å²) in [7, 11) is 0. The molecule has 0 amide bonds. The zero-order valence-electron chi connectivity index (χ0n) is 13.4. The third-order valence-corrected chi connectivity index (χ3v) is 5.00. The lowest BCUT2D eigenvalue weighted by molar-refractivity contribution is 0.253. The Bertz CT molecular complexity index is 867. The third kappa shape index (κ3) is 2.51. The normalized spacial score (nSPS) is 15.8. The molecule has 0 bridgehead atoms. The molecular formula is C21H19FN2. The molecule has 3 aromatic rings. The van der Waals surface area contributed by atoms with E-state index < -0.39 is 0 Å². The van der Waals surface area contributed by atoms with Crippen LogP contribution in [0.25, 0.3) is 22.3 Å². The molecule has 1 aromatic heterocycles. The standard InChI is InChI=1S/C21H19FN2/c22-20-5-2-1-4-18(20)17-10-13-24-14-19(17)15-6-8-16(9-7-15)21(23)11-3-12-21/h1-2,4-10,13-14H,3,11-12,23H2. The highest BCUT2D eigenvalue weighted by atomic mass is 19.1. The van der Waals surface area contributed by atoms with Gasteiger partial charge in [-0.05, 0) is 48.1 Å². The van der Waals surface area contributed by atoms with E-state index in [0.717, 1.165) is 29.5 Å². The van der Waals surface area contributed by atoms with Crippen molar-refractivity contribution in [3.8, 4) is 22.3 Å². The second kappa shape index (κ2) is 5.84. The predicted molar refractivity (Wildman–Crippen MR) is 94.8 cm³/mol. The van der Waals surface area contributed by atoms with Gasteiger partial charge in [-0.15, -0.1) is 0 Å². The molecule has 0 saturated heterocycles. The Morgan fingerprint density at radius 2 is 1.62 bits per heavy atom. The van der Waals surface area contributed by atoms with E-state index >= 15 is 0 Å². The molecule has 0 atom stereocenters. The van der Waals surface area contributed by atoms with Crippen LogP contribution < -0.4 is 5.73 Å². The summed E-state index contributed by atoms with van der Waals surface area (Å²) >= 11 is 0. The van der Waals surface area contributed by atoms with Gasteiger partial charge < -0.3 is 5.73 Å². The highest BCUT2D eigenvalue weighted by Crippen LogP contribution is 2.40. The monoisotopic (exact) mass is 318 g/mol. The Morgan fingerprint density at radius 3 is 2.29 bits per heavy atom. The van der Waals surface area contributed by atoms with Gasteiger partial charge in [0, 0.05) is 29.1 Å². The van der Waals surface area contributed by atoms with E-state index in [2.05, 4.69) is 29.2 Å². The summed E-state index contributed by atoms with van der Waals surface area (Å²) in [6, 6.07) is 17.0. The van der Waals surface area contributed by atoms with Gasteiger partial charge in [0.2, 0.25) is 0 Å². The average molecular weight is 318 g/mol. The Hall–Kier alpha value is -2.52. The number of halogens is 1. The number of hydrogen-bond acceptors (Lipinski definition) is 2. The van der Waals surface area contributed by atoms with Crippen molar-refractivity contribution < 1.29 is 4.39 Å². The maximum atomic E-state index is 14.2. The Kier molecular flexibility index (Phi) is 3.66. The molecule has 120 valence electrons. The van der Waals surface area contributed by atoms with Crippen molar-refractivity contribution in [3.05, 3.63) is 78.4 Å². The van der Waals surface area contributed by atoms with Gasteiger partial charge in [-0.1, -0.05) is 42.5 Å². The van der Waals surface area contributed by atoms with E-state index in [-0.39, 0.29) is 11.4 Å². The van der Waals surface area contributed by atoms with Crippen LogP contribution in [0, 0.1) is 5.82 Å². The maximum Gasteiger partial charge on any atom is 0.131 e. The first kappa shape index (κ1) is 15.0. The Morgan fingerprint density at radius 1 is 0.875 bits per heavy atom. The summed E-state index contributed by atoms with van der Waals surface area (Å²) in [4.78, 5) is 4.23. The minimum absolute atomic E-state index is 0.165.